The molecule has 0 aromatic carbocycles. The van der Waals surface area contributed by atoms with Gasteiger partial charge in [0.2, 0.25) is 0 Å². The quantitative estimate of drug-likeness (QED) is 0.741. The zero-order chi connectivity index (χ0) is 14.4. The molecule has 1 N–H and O–H groups in total. The van der Waals surface area contributed by atoms with E-state index in [1.54, 1.807) is 0 Å². The average Bonchev–Trinajstić information content (AvgIpc) is 3.10. The lowest BCUT2D eigenvalue weighted by molar-refractivity contribution is 0.129. The van der Waals surface area contributed by atoms with E-state index in [0.29, 0.717) is 12.0 Å². The minimum absolute atomic E-state index is 0.613. The molecule has 1 saturated heterocycles. The third-order valence-electron chi connectivity index (χ3n) is 4.87. The number of hydrogen-bond donors (Lipinski definition) is 1. The zero-order valence-electron chi connectivity index (χ0n) is 13.7. The van der Waals surface area contributed by atoms with Crippen molar-refractivity contribution in [2.45, 2.75) is 65.0 Å². The summed E-state index contributed by atoms with van der Waals surface area (Å²) in [6.07, 6.45) is 6.91. The van der Waals surface area contributed by atoms with Crippen LogP contribution < -0.4 is 5.32 Å². The normalized spacial score (nSPS) is 25.9. The standard InChI is InChI=1S/C17H34N2O/c1-4-18-17(15-9-10-20-13-15)12-19(11-14(2)3)16-7-5-6-8-16/h14-18H,4-13H2,1-3H3. The SMILES string of the molecule is CCNC(CN(CC(C)C)C1CCCC1)C1CCOC1. The molecule has 2 atom stereocenters. The Morgan fingerprint density at radius 2 is 1.90 bits per heavy atom. The smallest absolute Gasteiger partial charge is 0.0510 e. The maximum Gasteiger partial charge on any atom is 0.0510 e. The van der Waals surface area contributed by atoms with Crippen molar-refractivity contribution in [3.63, 3.8) is 0 Å². The summed E-state index contributed by atoms with van der Waals surface area (Å²) in [4.78, 5) is 2.78. The molecule has 0 bridgehead atoms. The molecule has 118 valence electrons. The Labute approximate surface area is 125 Å². The molecule has 2 unspecified atom stereocenters. The van der Waals surface area contributed by atoms with Crippen molar-refractivity contribution < 1.29 is 4.74 Å². The van der Waals surface area contributed by atoms with E-state index in [1.807, 2.05) is 0 Å². The molecule has 0 aromatic rings. The van der Waals surface area contributed by atoms with Crippen LogP contribution in [0.25, 0.3) is 0 Å². The number of ether oxygens (including phenoxy) is 1. The molecule has 3 nitrogen and oxygen atoms in total. The first-order chi connectivity index (χ1) is 9.70. The largest absolute Gasteiger partial charge is 0.381 e. The molecule has 1 heterocycles. The van der Waals surface area contributed by atoms with Gasteiger partial charge in [0.25, 0.3) is 0 Å². The fourth-order valence-electron chi connectivity index (χ4n) is 3.88. The van der Waals surface area contributed by atoms with Gasteiger partial charge in [-0.25, -0.2) is 0 Å². The topological polar surface area (TPSA) is 24.5 Å². The minimum Gasteiger partial charge on any atom is -0.381 e. The molecule has 0 aromatic heterocycles. The first kappa shape index (κ1) is 16.3. The van der Waals surface area contributed by atoms with Gasteiger partial charge in [0.15, 0.2) is 0 Å². The van der Waals surface area contributed by atoms with Gasteiger partial charge in [-0.2, -0.15) is 0 Å². The Kier molecular flexibility index (Phi) is 6.79. The number of nitrogens with one attached hydrogen (secondary N) is 1. The van der Waals surface area contributed by atoms with Crippen LogP contribution in [0.2, 0.25) is 0 Å². The second-order valence-corrected chi connectivity index (χ2v) is 7.07. The number of hydrogen-bond acceptors (Lipinski definition) is 3. The van der Waals surface area contributed by atoms with Crippen molar-refractivity contribution in [1.82, 2.24) is 10.2 Å². The first-order valence-electron chi connectivity index (χ1n) is 8.75. The van der Waals surface area contributed by atoms with Crippen molar-refractivity contribution in [3.05, 3.63) is 0 Å². The van der Waals surface area contributed by atoms with Crippen LogP contribution in [0.3, 0.4) is 0 Å². The molecular formula is C17H34N2O. The Balaban J connectivity index is 1.94. The van der Waals surface area contributed by atoms with E-state index in [9.17, 15) is 0 Å². The lowest BCUT2D eigenvalue weighted by atomic mass is 9.97. The molecule has 2 rings (SSSR count). The van der Waals surface area contributed by atoms with E-state index in [-0.39, 0.29) is 0 Å². The summed E-state index contributed by atoms with van der Waals surface area (Å²) in [5.74, 6) is 1.48. The summed E-state index contributed by atoms with van der Waals surface area (Å²) >= 11 is 0. The number of nitrogens with zero attached hydrogens (tertiary/aromatic N) is 1. The van der Waals surface area contributed by atoms with Crippen LogP contribution in [0.5, 0.6) is 0 Å². The third-order valence-corrected chi connectivity index (χ3v) is 4.87. The van der Waals surface area contributed by atoms with E-state index < -0.39 is 0 Å². The molecule has 2 aliphatic rings. The Hall–Kier alpha value is -0.120. The molecule has 0 spiro atoms. The summed E-state index contributed by atoms with van der Waals surface area (Å²) in [7, 11) is 0. The molecule has 1 saturated carbocycles. The van der Waals surface area contributed by atoms with Gasteiger partial charge in [-0.05, 0) is 31.7 Å². The van der Waals surface area contributed by atoms with Crippen LogP contribution in [0, 0.1) is 11.8 Å². The van der Waals surface area contributed by atoms with Gasteiger partial charge in [0.1, 0.15) is 0 Å². The van der Waals surface area contributed by atoms with Gasteiger partial charge in [-0.1, -0.05) is 33.6 Å². The van der Waals surface area contributed by atoms with Gasteiger partial charge in [0, 0.05) is 37.7 Å². The maximum absolute atomic E-state index is 5.61. The van der Waals surface area contributed by atoms with Gasteiger partial charge in [-0.3, -0.25) is 4.90 Å². The predicted molar refractivity (Wildman–Crippen MR) is 85.1 cm³/mol. The Bertz CT molecular complexity index is 258. The van der Waals surface area contributed by atoms with E-state index in [4.69, 9.17) is 4.74 Å². The highest BCUT2D eigenvalue weighted by atomic mass is 16.5. The van der Waals surface area contributed by atoms with Crippen molar-refractivity contribution in [2.75, 3.05) is 32.8 Å². The second kappa shape index (κ2) is 8.35. The van der Waals surface area contributed by atoms with Crippen molar-refractivity contribution in [2.24, 2.45) is 11.8 Å². The van der Waals surface area contributed by atoms with E-state index in [2.05, 4.69) is 31.0 Å². The van der Waals surface area contributed by atoms with Crippen LogP contribution in [-0.2, 0) is 4.74 Å². The number of likely N-dealkylation sites (N-methyl/N-ethyl adjacent to an activating group) is 1. The fraction of sp³-hybridized carbons (Fsp3) is 1.00. The molecular weight excluding hydrogens is 248 g/mol. The first-order valence-corrected chi connectivity index (χ1v) is 8.75. The molecule has 1 aliphatic carbocycles. The highest BCUT2D eigenvalue weighted by molar-refractivity contribution is 4.86. The molecule has 1 aliphatic heterocycles. The zero-order valence-corrected chi connectivity index (χ0v) is 13.7. The molecule has 2 fully saturated rings. The fourth-order valence-corrected chi connectivity index (χ4v) is 3.88. The molecule has 0 radical (unpaired) electrons. The molecule has 20 heavy (non-hydrogen) atoms. The summed E-state index contributed by atoms with van der Waals surface area (Å²) in [6.45, 7) is 12.4. The van der Waals surface area contributed by atoms with Gasteiger partial charge in [-0.15, -0.1) is 0 Å². The lowest BCUT2D eigenvalue weighted by Gasteiger charge is -2.35. The van der Waals surface area contributed by atoms with Gasteiger partial charge >= 0.3 is 0 Å². The van der Waals surface area contributed by atoms with Gasteiger partial charge < -0.3 is 10.1 Å². The Morgan fingerprint density at radius 1 is 1.15 bits per heavy atom. The predicted octanol–water partition coefficient (Wildman–Crippen LogP) is 2.90. The van der Waals surface area contributed by atoms with Gasteiger partial charge in [0.05, 0.1) is 6.61 Å². The van der Waals surface area contributed by atoms with Crippen molar-refractivity contribution in [3.8, 4) is 0 Å². The van der Waals surface area contributed by atoms with E-state index in [1.165, 1.54) is 45.2 Å². The summed E-state index contributed by atoms with van der Waals surface area (Å²) in [5.41, 5.74) is 0. The van der Waals surface area contributed by atoms with E-state index in [0.717, 1.165) is 31.7 Å². The third kappa shape index (κ3) is 4.71. The average molecular weight is 282 g/mol. The monoisotopic (exact) mass is 282 g/mol. The maximum atomic E-state index is 5.61. The minimum atomic E-state index is 0.613. The Morgan fingerprint density at radius 3 is 2.45 bits per heavy atom. The molecule has 0 amide bonds. The van der Waals surface area contributed by atoms with Crippen LogP contribution in [0.1, 0.15) is 52.9 Å². The van der Waals surface area contributed by atoms with Crippen LogP contribution in [0.15, 0.2) is 0 Å². The van der Waals surface area contributed by atoms with Crippen molar-refractivity contribution >= 4 is 0 Å². The van der Waals surface area contributed by atoms with E-state index >= 15 is 0 Å². The second-order valence-electron chi connectivity index (χ2n) is 7.07. The van der Waals surface area contributed by atoms with Crippen LogP contribution in [0.4, 0.5) is 0 Å². The summed E-state index contributed by atoms with van der Waals surface area (Å²) in [5, 5.41) is 3.73. The van der Waals surface area contributed by atoms with Crippen LogP contribution in [-0.4, -0.2) is 49.8 Å². The van der Waals surface area contributed by atoms with Crippen molar-refractivity contribution in [1.29, 1.82) is 0 Å². The summed E-state index contributed by atoms with van der Waals surface area (Å²) in [6, 6.07) is 1.45. The highest BCUT2D eigenvalue weighted by Crippen LogP contribution is 2.26. The number of rotatable bonds is 8. The highest BCUT2D eigenvalue weighted by Gasteiger charge is 2.30. The lowest BCUT2D eigenvalue weighted by Crippen LogP contribution is -2.49. The van der Waals surface area contributed by atoms with Crippen LogP contribution >= 0.6 is 0 Å². The molecule has 3 heteroatoms. The summed E-state index contributed by atoms with van der Waals surface area (Å²) < 4.78 is 5.61.